The molecular weight excluding hydrogens is 306 g/mol. The van der Waals surface area contributed by atoms with Gasteiger partial charge in [0, 0.05) is 5.92 Å². The molecule has 1 N–H and O–H groups in total. The Labute approximate surface area is 150 Å². The monoisotopic (exact) mass is 333 g/mol. The van der Waals surface area contributed by atoms with Gasteiger partial charge in [0.15, 0.2) is 0 Å². The van der Waals surface area contributed by atoms with Crippen LogP contribution in [0.3, 0.4) is 0 Å². The van der Waals surface area contributed by atoms with Crippen molar-refractivity contribution in [3.05, 3.63) is 71.3 Å². The van der Waals surface area contributed by atoms with E-state index in [1.807, 2.05) is 0 Å². The average Bonchev–Trinajstić information content (AvgIpc) is 3.11. The molecule has 2 aromatic rings. The van der Waals surface area contributed by atoms with Gasteiger partial charge in [-0.1, -0.05) is 67.5 Å². The van der Waals surface area contributed by atoms with Crippen LogP contribution < -0.4 is 10.1 Å². The quantitative estimate of drug-likeness (QED) is 0.535. The number of hydrogen-bond acceptors (Lipinski definition) is 2. The third-order valence-corrected chi connectivity index (χ3v) is 5.52. The molecule has 1 aliphatic heterocycles. The molecule has 2 aromatic carbocycles. The molecule has 1 heterocycles. The Kier molecular flexibility index (Phi) is 4.52. The highest BCUT2D eigenvalue weighted by Gasteiger charge is 2.38. The first kappa shape index (κ1) is 16.3. The van der Waals surface area contributed by atoms with E-state index in [0.29, 0.717) is 17.9 Å². The fraction of sp³-hybridized carbons (Fsp3) is 0.391. The second-order valence-corrected chi connectivity index (χ2v) is 7.31. The van der Waals surface area contributed by atoms with Crippen LogP contribution in [-0.2, 0) is 0 Å². The van der Waals surface area contributed by atoms with Crippen molar-refractivity contribution < 1.29 is 4.74 Å². The van der Waals surface area contributed by atoms with Gasteiger partial charge in [-0.3, -0.25) is 0 Å². The van der Waals surface area contributed by atoms with Crippen LogP contribution in [0.15, 0.2) is 54.6 Å². The maximum absolute atomic E-state index is 6.11. The van der Waals surface area contributed by atoms with Gasteiger partial charge in [0.05, 0.1) is 18.3 Å². The number of benzene rings is 2. The molecule has 0 amide bonds. The minimum atomic E-state index is 0.336. The maximum Gasteiger partial charge on any atom is 0.142 e. The molecule has 2 nitrogen and oxygen atoms in total. The number of ether oxygens (including phenoxy) is 1. The topological polar surface area (TPSA) is 21.3 Å². The molecule has 3 atom stereocenters. The molecule has 0 fully saturated rings. The Balaban J connectivity index is 1.71. The molecule has 0 radical (unpaired) electrons. The number of allylic oxidation sites excluding steroid dienone is 2. The van der Waals surface area contributed by atoms with E-state index < -0.39 is 0 Å². The molecule has 4 rings (SSSR count). The van der Waals surface area contributed by atoms with Gasteiger partial charge in [-0.25, -0.2) is 0 Å². The van der Waals surface area contributed by atoms with E-state index in [2.05, 4.69) is 73.8 Å². The highest BCUT2D eigenvalue weighted by molar-refractivity contribution is 5.67. The Bertz CT molecular complexity index is 779. The molecule has 25 heavy (non-hydrogen) atoms. The third-order valence-electron chi connectivity index (χ3n) is 5.52. The predicted molar refractivity (Wildman–Crippen MR) is 104 cm³/mol. The Morgan fingerprint density at radius 1 is 1.16 bits per heavy atom. The fourth-order valence-electron chi connectivity index (χ4n) is 4.23. The van der Waals surface area contributed by atoms with Gasteiger partial charge in [-0.15, -0.1) is 0 Å². The molecule has 1 aliphatic carbocycles. The van der Waals surface area contributed by atoms with Crippen LogP contribution in [0.25, 0.3) is 0 Å². The van der Waals surface area contributed by atoms with Gasteiger partial charge >= 0.3 is 0 Å². The SMILES string of the molecule is CCCCOc1cccc2c1NC(c1cccc(C)c1)C1CC=CC21. The van der Waals surface area contributed by atoms with E-state index in [9.17, 15) is 0 Å². The second kappa shape index (κ2) is 6.95. The van der Waals surface area contributed by atoms with Crippen LogP contribution in [0.4, 0.5) is 5.69 Å². The summed E-state index contributed by atoms with van der Waals surface area (Å²) in [6.45, 7) is 5.15. The summed E-state index contributed by atoms with van der Waals surface area (Å²) in [5, 5.41) is 3.84. The lowest BCUT2D eigenvalue weighted by Gasteiger charge is -2.38. The minimum Gasteiger partial charge on any atom is -0.491 e. The van der Waals surface area contributed by atoms with E-state index in [4.69, 9.17) is 4.74 Å². The van der Waals surface area contributed by atoms with Crippen LogP contribution >= 0.6 is 0 Å². The molecule has 2 heteroatoms. The van der Waals surface area contributed by atoms with E-state index >= 15 is 0 Å². The van der Waals surface area contributed by atoms with Gasteiger partial charge in [0.25, 0.3) is 0 Å². The van der Waals surface area contributed by atoms with E-state index in [1.165, 1.54) is 22.4 Å². The second-order valence-electron chi connectivity index (χ2n) is 7.31. The number of rotatable bonds is 5. The number of hydrogen-bond donors (Lipinski definition) is 1. The Hall–Kier alpha value is -2.22. The fourth-order valence-corrected chi connectivity index (χ4v) is 4.23. The van der Waals surface area contributed by atoms with Gasteiger partial charge in [-0.2, -0.15) is 0 Å². The molecular formula is C23H27NO. The van der Waals surface area contributed by atoms with Crippen molar-refractivity contribution in [2.75, 3.05) is 11.9 Å². The van der Waals surface area contributed by atoms with Crippen molar-refractivity contribution in [2.24, 2.45) is 5.92 Å². The van der Waals surface area contributed by atoms with Crippen LogP contribution in [0.1, 0.15) is 54.8 Å². The van der Waals surface area contributed by atoms with Crippen molar-refractivity contribution in [1.29, 1.82) is 0 Å². The van der Waals surface area contributed by atoms with Crippen molar-refractivity contribution in [3.63, 3.8) is 0 Å². The number of aryl methyl sites for hydroxylation is 1. The normalized spacial score (nSPS) is 23.7. The number of nitrogens with one attached hydrogen (secondary N) is 1. The molecule has 0 saturated heterocycles. The molecule has 130 valence electrons. The summed E-state index contributed by atoms with van der Waals surface area (Å²) < 4.78 is 6.11. The van der Waals surface area contributed by atoms with Gasteiger partial charge < -0.3 is 10.1 Å². The first-order chi connectivity index (χ1) is 12.3. The molecule has 2 aliphatic rings. The van der Waals surface area contributed by atoms with Gasteiger partial charge in [0.2, 0.25) is 0 Å². The smallest absolute Gasteiger partial charge is 0.142 e. The van der Waals surface area contributed by atoms with Gasteiger partial charge in [-0.05, 0) is 42.9 Å². The van der Waals surface area contributed by atoms with Crippen molar-refractivity contribution in [3.8, 4) is 5.75 Å². The van der Waals surface area contributed by atoms with Crippen LogP contribution in [0.5, 0.6) is 5.75 Å². The summed E-state index contributed by atoms with van der Waals surface area (Å²) in [7, 11) is 0. The molecule has 3 unspecified atom stereocenters. The summed E-state index contributed by atoms with van der Waals surface area (Å²) in [6.07, 6.45) is 8.12. The van der Waals surface area contributed by atoms with Crippen molar-refractivity contribution in [2.45, 2.75) is 45.1 Å². The number of fused-ring (bicyclic) bond motifs is 3. The summed E-state index contributed by atoms with van der Waals surface area (Å²) >= 11 is 0. The first-order valence-corrected chi connectivity index (χ1v) is 9.53. The van der Waals surface area contributed by atoms with E-state index in [-0.39, 0.29) is 0 Å². The van der Waals surface area contributed by atoms with Crippen molar-refractivity contribution >= 4 is 5.69 Å². The zero-order chi connectivity index (χ0) is 17.2. The third kappa shape index (κ3) is 3.06. The summed E-state index contributed by atoms with van der Waals surface area (Å²) in [6, 6.07) is 15.8. The molecule has 0 aromatic heterocycles. The first-order valence-electron chi connectivity index (χ1n) is 9.53. The van der Waals surface area contributed by atoms with Crippen LogP contribution in [-0.4, -0.2) is 6.61 Å². The summed E-state index contributed by atoms with van der Waals surface area (Å²) in [5.74, 6) is 2.07. The summed E-state index contributed by atoms with van der Waals surface area (Å²) in [5.41, 5.74) is 5.28. The van der Waals surface area contributed by atoms with E-state index in [0.717, 1.165) is 31.6 Å². The maximum atomic E-state index is 6.11. The van der Waals surface area contributed by atoms with Crippen LogP contribution in [0, 0.1) is 12.8 Å². The zero-order valence-corrected chi connectivity index (χ0v) is 15.2. The Morgan fingerprint density at radius 3 is 2.88 bits per heavy atom. The zero-order valence-electron chi connectivity index (χ0n) is 15.2. The number of para-hydroxylation sites is 1. The number of anilines is 1. The largest absolute Gasteiger partial charge is 0.491 e. The standard InChI is InChI=1S/C23H27NO/c1-3-4-14-25-21-13-7-12-20-18-10-6-11-19(18)22(24-23(20)21)17-9-5-8-16(2)15-17/h5-10,12-13,15,18-19,22,24H,3-4,11,14H2,1-2H3. The lowest BCUT2D eigenvalue weighted by atomic mass is 9.76. The van der Waals surface area contributed by atoms with E-state index in [1.54, 1.807) is 0 Å². The summed E-state index contributed by atoms with van der Waals surface area (Å²) in [4.78, 5) is 0. The highest BCUT2D eigenvalue weighted by Crippen LogP contribution is 2.52. The predicted octanol–water partition coefficient (Wildman–Crippen LogP) is 6.00. The minimum absolute atomic E-state index is 0.336. The number of unbranched alkanes of at least 4 members (excludes halogenated alkanes) is 1. The lowest BCUT2D eigenvalue weighted by Crippen LogP contribution is -2.29. The average molecular weight is 333 g/mol. The molecule has 0 bridgehead atoms. The molecule has 0 saturated carbocycles. The van der Waals surface area contributed by atoms with Crippen LogP contribution in [0.2, 0.25) is 0 Å². The van der Waals surface area contributed by atoms with Gasteiger partial charge in [0.1, 0.15) is 5.75 Å². The lowest BCUT2D eigenvalue weighted by molar-refractivity contribution is 0.308. The highest BCUT2D eigenvalue weighted by atomic mass is 16.5. The molecule has 0 spiro atoms. The van der Waals surface area contributed by atoms with Crippen molar-refractivity contribution in [1.82, 2.24) is 0 Å². The Morgan fingerprint density at radius 2 is 2.04 bits per heavy atom.